The van der Waals surface area contributed by atoms with E-state index in [0.29, 0.717) is 0 Å². The molecule has 0 nitrogen and oxygen atoms in total. The Balaban J connectivity index is 2.20. The van der Waals surface area contributed by atoms with E-state index < -0.39 is 0 Å². The molecule has 0 aliphatic rings. The van der Waals surface area contributed by atoms with E-state index in [1.807, 2.05) is 11.3 Å². The van der Waals surface area contributed by atoms with Gasteiger partial charge in [0.05, 0.1) is 0 Å². The van der Waals surface area contributed by atoms with Crippen molar-refractivity contribution in [3.05, 3.63) is 44.3 Å². The Morgan fingerprint density at radius 3 is 2.83 bits per heavy atom. The van der Waals surface area contributed by atoms with Crippen LogP contribution in [0.4, 0.5) is 0 Å². The minimum Gasteiger partial charge on any atom is -0.152 e. The summed E-state index contributed by atoms with van der Waals surface area (Å²) in [5.74, 6) is 0. The van der Waals surface area contributed by atoms with E-state index in [1.54, 1.807) is 11.3 Å². The Morgan fingerprint density at radius 1 is 1.33 bits per heavy atom. The van der Waals surface area contributed by atoms with Crippen molar-refractivity contribution in [3.63, 3.8) is 0 Å². The average molecular weight is 194 g/mol. The van der Waals surface area contributed by atoms with E-state index in [0.717, 1.165) is 6.42 Å². The number of hydrogen-bond acceptors (Lipinski definition) is 2. The summed E-state index contributed by atoms with van der Waals surface area (Å²) in [6, 6.07) is 4.31. The molecule has 0 radical (unpaired) electrons. The van der Waals surface area contributed by atoms with Gasteiger partial charge in [0.1, 0.15) is 0 Å². The quantitative estimate of drug-likeness (QED) is 0.683. The standard InChI is InChI=1S/C10H10S2/c1-8-6-11-7-9(8)5-10-3-2-4-12-10/h2-4,6-7H,5H2,1H3. The molecule has 2 aromatic rings. The molecule has 0 aliphatic heterocycles. The van der Waals surface area contributed by atoms with Gasteiger partial charge >= 0.3 is 0 Å². The molecule has 2 aromatic heterocycles. The molecule has 0 fully saturated rings. The van der Waals surface area contributed by atoms with Gasteiger partial charge < -0.3 is 0 Å². The molecule has 2 rings (SSSR count). The molecule has 0 saturated carbocycles. The van der Waals surface area contributed by atoms with Gasteiger partial charge in [-0.2, -0.15) is 11.3 Å². The molecule has 0 N–H and O–H groups in total. The Morgan fingerprint density at radius 2 is 2.25 bits per heavy atom. The van der Waals surface area contributed by atoms with Crippen LogP contribution in [-0.4, -0.2) is 0 Å². The number of hydrogen-bond donors (Lipinski definition) is 0. The zero-order valence-corrected chi connectivity index (χ0v) is 8.54. The second-order valence-electron chi connectivity index (χ2n) is 2.84. The second-order valence-corrected chi connectivity index (χ2v) is 4.61. The Labute approximate surface area is 80.5 Å². The van der Waals surface area contributed by atoms with Crippen molar-refractivity contribution >= 4 is 22.7 Å². The van der Waals surface area contributed by atoms with Crippen molar-refractivity contribution in [1.82, 2.24) is 0 Å². The molecular formula is C10H10S2. The van der Waals surface area contributed by atoms with Crippen LogP contribution in [0.25, 0.3) is 0 Å². The molecule has 0 bridgehead atoms. The third-order valence-corrected chi connectivity index (χ3v) is 3.69. The first kappa shape index (κ1) is 8.02. The Kier molecular flexibility index (Phi) is 2.28. The van der Waals surface area contributed by atoms with E-state index >= 15 is 0 Å². The first-order valence-corrected chi connectivity index (χ1v) is 5.72. The third-order valence-electron chi connectivity index (χ3n) is 1.91. The molecule has 0 amide bonds. The van der Waals surface area contributed by atoms with Crippen LogP contribution in [0.1, 0.15) is 16.0 Å². The van der Waals surface area contributed by atoms with Gasteiger partial charge in [-0.15, -0.1) is 11.3 Å². The number of aryl methyl sites for hydroxylation is 1. The topological polar surface area (TPSA) is 0 Å². The fourth-order valence-corrected chi connectivity index (χ4v) is 2.75. The van der Waals surface area contributed by atoms with Crippen molar-refractivity contribution in [2.24, 2.45) is 0 Å². The highest BCUT2D eigenvalue weighted by atomic mass is 32.1. The van der Waals surface area contributed by atoms with Crippen LogP contribution in [0.5, 0.6) is 0 Å². The maximum Gasteiger partial charge on any atom is 0.00894 e. The highest BCUT2D eigenvalue weighted by molar-refractivity contribution is 7.10. The van der Waals surface area contributed by atoms with Crippen LogP contribution >= 0.6 is 22.7 Å². The predicted molar refractivity (Wildman–Crippen MR) is 56.2 cm³/mol. The lowest BCUT2D eigenvalue weighted by Crippen LogP contribution is -1.82. The summed E-state index contributed by atoms with van der Waals surface area (Å²) < 4.78 is 0. The molecule has 0 saturated heterocycles. The summed E-state index contributed by atoms with van der Waals surface area (Å²) in [7, 11) is 0. The molecule has 0 aliphatic carbocycles. The molecule has 12 heavy (non-hydrogen) atoms. The van der Waals surface area contributed by atoms with E-state index in [2.05, 4.69) is 35.2 Å². The van der Waals surface area contributed by atoms with E-state index in [-0.39, 0.29) is 0 Å². The minimum atomic E-state index is 1.10. The summed E-state index contributed by atoms with van der Waals surface area (Å²) >= 11 is 3.63. The van der Waals surface area contributed by atoms with Crippen molar-refractivity contribution in [2.75, 3.05) is 0 Å². The van der Waals surface area contributed by atoms with Crippen molar-refractivity contribution in [1.29, 1.82) is 0 Å². The summed E-state index contributed by atoms with van der Waals surface area (Å²) in [5, 5.41) is 6.59. The first-order valence-electron chi connectivity index (χ1n) is 3.90. The molecular weight excluding hydrogens is 184 g/mol. The molecule has 2 heteroatoms. The van der Waals surface area contributed by atoms with Gasteiger partial charge in [-0.1, -0.05) is 6.07 Å². The lowest BCUT2D eigenvalue weighted by atomic mass is 10.1. The fraction of sp³-hybridized carbons (Fsp3) is 0.200. The molecule has 0 atom stereocenters. The van der Waals surface area contributed by atoms with Crippen molar-refractivity contribution in [2.45, 2.75) is 13.3 Å². The molecule has 62 valence electrons. The number of thiophene rings is 2. The van der Waals surface area contributed by atoms with Crippen LogP contribution in [0.15, 0.2) is 28.3 Å². The second kappa shape index (κ2) is 3.42. The van der Waals surface area contributed by atoms with Crippen LogP contribution < -0.4 is 0 Å². The minimum absolute atomic E-state index is 1.10. The zero-order valence-electron chi connectivity index (χ0n) is 6.91. The summed E-state index contributed by atoms with van der Waals surface area (Å²) in [6.07, 6.45) is 1.10. The molecule has 0 spiro atoms. The largest absolute Gasteiger partial charge is 0.152 e. The molecule has 0 unspecified atom stereocenters. The van der Waals surface area contributed by atoms with E-state index in [9.17, 15) is 0 Å². The van der Waals surface area contributed by atoms with Gasteiger partial charge in [0.25, 0.3) is 0 Å². The summed E-state index contributed by atoms with van der Waals surface area (Å²) in [6.45, 7) is 2.18. The van der Waals surface area contributed by atoms with E-state index in [4.69, 9.17) is 0 Å². The van der Waals surface area contributed by atoms with Gasteiger partial charge in [0.2, 0.25) is 0 Å². The van der Waals surface area contributed by atoms with Gasteiger partial charge in [-0.05, 0) is 40.3 Å². The van der Waals surface area contributed by atoms with Crippen LogP contribution in [-0.2, 0) is 6.42 Å². The SMILES string of the molecule is Cc1cscc1Cc1cccs1. The third kappa shape index (κ3) is 1.59. The monoisotopic (exact) mass is 194 g/mol. The van der Waals surface area contributed by atoms with Gasteiger partial charge in [-0.25, -0.2) is 0 Å². The summed E-state index contributed by atoms with van der Waals surface area (Å²) in [4.78, 5) is 1.46. The van der Waals surface area contributed by atoms with Crippen LogP contribution in [0.3, 0.4) is 0 Å². The Hall–Kier alpha value is -0.600. The van der Waals surface area contributed by atoms with Gasteiger partial charge in [0.15, 0.2) is 0 Å². The maximum absolute atomic E-state index is 2.25. The summed E-state index contributed by atoms with van der Waals surface area (Å²) in [5.41, 5.74) is 2.90. The lowest BCUT2D eigenvalue weighted by Gasteiger charge is -1.95. The first-order chi connectivity index (χ1) is 5.86. The number of rotatable bonds is 2. The highest BCUT2D eigenvalue weighted by Crippen LogP contribution is 2.20. The van der Waals surface area contributed by atoms with Crippen LogP contribution in [0, 0.1) is 6.92 Å². The van der Waals surface area contributed by atoms with Crippen LogP contribution in [0.2, 0.25) is 0 Å². The zero-order chi connectivity index (χ0) is 8.39. The van der Waals surface area contributed by atoms with Crippen molar-refractivity contribution in [3.8, 4) is 0 Å². The molecule has 2 heterocycles. The normalized spacial score (nSPS) is 10.4. The van der Waals surface area contributed by atoms with E-state index in [1.165, 1.54) is 16.0 Å². The highest BCUT2D eigenvalue weighted by Gasteiger charge is 2.00. The smallest absolute Gasteiger partial charge is 0.00894 e. The lowest BCUT2D eigenvalue weighted by molar-refractivity contribution is 1.22. The predicted octanol–water partition coefficient (Wildman–Crippen LogP) is 3.71. The molecule has 0 aromatic carbocycles. The fourth-order valence-electron chi connectivity index (χ4n) is 1.17. The van der Waals surface area contributed by atoms with Gasteiger partial charge in [-0.3, -0.25) is 0 Å². The Bertz CT molecular complexity index is 344. The van der Waals surface area contributed by atoms with Gasteiger partial charge in [0, 0.05) is 11.3 Å². The maximum atomic E-state index is 2.25. The average Bonchev–Trinajstić information content (AvgIpc) is 2.65. The van der Waals surface area contributed by atoms with Crippen molar-refractivity contribution < 1.29 is 0 Å².